The summed E-state index contributed by atoms with van der Waals surface area (Å²) >= 11 is 0. The van der Waals surface area contributed by atoms with Crippen molar-refractivity contribution in [2.45, 2.75) is 12.3 Å². The predicted molar refractivity (Wildman–Crippen MR) is 205 cm³/mol. The van der Waals surface area contributed by atoms with Gasteiger partial charge < -0.3 is 14.3 Å². The van der Waals surface area contributed by atoms with Crippen LogP contribution in [-0.2, 0) is 0 Å². The van der Waals surface area contributed by atoms with E-state index in [0.29, 0.717) is 0 Å². The number of nitrogens with zero attached hydrogens (tertiary/aromatic N) is 2. The Kier molecular flexibility index (Phi) is 6.64. The van der Waals surface area contributed by atoms with Crippen LogP contribution in [0.4, 0.5) is 0 Å². The van der Waals surface area contributed by atoms with Crippen molar-refractivity contribution in [2.75, 3.05) is 0 Å². The van der Waals surface area contributed by atoms with Gasteiger partial charge in [0, 0.05) is 38.2 Å². The molecule has 5 heteroatoms. The van der Waals surface area contributed by atoms with Gasteiger partial charge in [0.15, 0.2) is 5.58 Å². The standard InChI is InChI=1S/C45H32N4O/c1-4-15-29(16-5-1)40-36(45-47-43(30-17-6-2-7-18-30)46-44(48-45)31-19-8-3-9-20-31)28-27-35-34-23-14-26-39(41(34)50-42(35)40)49-37-24-12-10-21-32(37)33-22-11-13-25-38(33)49/h1-28,43,45,47H,(H,46,48). The van der Waals surface area contributed by atoms with Crippen LogP contribution in [0.15, 0.2) is 179 Å². The van der Waals surface area contributed by atoms with Crippen molar-refractivity contribution in [3.05, 3.63) is 187 Å². The number of hydrogen-bond donors (Lipinski definition) is 2. The van der Waals surface area contributed by atoms with E-state index >= 15 is 0 Å². The zero-order valence-corrected chi connectivity index (χ0v) is 27.1. The highest BCUT2D eigenvalue weighted by atomic mass is 16.3. The summed E-state index contributed by atoms with van der Waals surface area (Å²) < 4.78 is 9.47. The third-order valence-corrected chi connectivity index (χ3v) is 9.90. The molecule has 0 saturated carbocycles. The Bertz CT molecular complexity index is 2660. The zero-order chi connectivity index (χ0) is 33.0. The Morgan fingerprint density at radius 1 is 0.500 bits per heavy atom. The maximum atomic E-state index is 7.13. The van der Waals surface area contributed by atoms with E-state index in [1.165, 1.54) is 10.8 Å². The SMILES string of the molecule is c1ccc(C2=NC(c3ccc4c(oc5c(-n6c7ccccc7c7ccccc76)cccc54)c3-c3ccccc3)NC(c3ccccc3)N2)cc1. The second-order valence-corrected chi connectivity index (χ2v) is 12.8. The highest BCUT2D eigenvalue weighted by Gasteiger charge is 2.29. The fraction of sp³-hybridized carbons (Fsp3) is 0.0444. The number of rotatable bonds is 5. The predicted octanol–water partition coefficient (Wildman–Crippen LogP) is 10.7. The van der Waals surface area contributed by atoms with Crippen molar-refractivity contribution >= 4 is 49.6 Å². The molecule has 238 valence electrons. The van der Waals surface area contributed by atoms with Gasteiger partial charge in [-0.1, -0.05) is 152 Å². The molecule has 10 rings (SSSR count). The lowest BCUT2D eigenvalue weighted by atomic mass is 9.94. The van der Waals surface area contributed by atoms with Crippen LogP contribution in [0, 0.1) is 0 Å². The van der Waals surface area contributed by atoms with E-state index < -0.39 is 0 Å². The van der Waals surface area contributed by atoms with Gasteiger partial charge in [-0.05, 0) is 29.3 Å². The summed E-state index contributed by atoms with van der Waals surface area (Å²) in [4.78, 5) is 5.32. The minimum atomic E-state index is -0.346. The molecule has 2 N–H and O–H groups in total. The van der Waals surface area contributed by atoms with Crippen molar-refractivity contribution in [1.82, 2.24) is 15.2 Å². The van der Waals surface area contributed by atoms with Crippen LogP contribution in [0.1, 0.15) is 29.0 Å². The lowest BCUT2D eigenvalue weighted by Crippen LogP contribution is -2.45. The number of nitrogens with one attached hydrogen (secondary N) is 2. The van der Waals surface area contributed by atoms with E-state index in [-0.39, 0.29) is 12.3 Å². The number of para-hydroxylation sites is 3. The van der Waals surface area contributed by atoms with E-state index in [0.717, 1.165) is 72.3 Å². The van der Waals surface area contributed by atoms with Gasteiger partial charge in [-0.3, -0.25) is 5.32 Å². The number of aromatic nitrogens is 1. The van der Waals surface area contributed by atoms with Crippen molar-refractivity contribution in [1.29, 1.82) is 0 Å². The van der Waals surface area contributed by atoms with Crippen molar-refractivity contribution in [3.8, 4) is 16.8 Å². The molecule has 2 aromatic heterocycles. The first-order valence-corrected chi connectivity index (χ1v) is 17.0. The lowest BCUT2D eigenvalue weighted by molar-refractivity contribution is 0.409. The van der Waals surface area contributed by atoms with Crippen LogP contribution in [0.3, 0.4) is 0 Å². The average Bonchev–Trinajstić information content (AvgIpc) is 3.74. The van der Waals surface area contributed by atoms with Gasteiger partial charge in [-0.2, -0.15) is 0 Å². The van der Waals surface area contributed by atoms with Crippen molar-refractivity contribution in [3.63, 3.8) is 0 Å². The van der Waals surface area contributed by atoms with Gasteiger partial charge in [-0.25, -0.2) is 4.99 Å². The van der Waals surface area contributed by atoms with Gasteiger partial charge in [-0.15, -0.1) is 0 Å². The second kappa shape index (κ2) is 11.6. The Morgan fingerprint density at radius 3 is 1.78 bits per heavy atom. The number of furan rings is 1. The van der Waals surface area contributed by atoms with Crippen LogP contribution >= 0.6 is 0 Å². The average molecular weight is 645 g/mol. The molecule has 7 aromatic carbocycles. The number of hydrogen-bond acceptors (Lipinski definition) is 4. The summed E-state index contributed by atoms with van der Waals surface area (Å²) in [5.41, 5.74) is 10.4. The molecule has 0 aliphatic carbocycles. The smallest absolute Gasteiger partial charge is 0.159 e. The van der Waals surface area contributed by atoms with Crippen LogP contribution in [0.2, 0.25) is 0 Å². The minimum absolute atomic E-state index is 0.147. The first-order valence-electron chi connectivity index (χ1n) is 17.0. The van der Waals surface area contributed by atoms with Crippen molar-refractivity contribution < 1.29 is 4.42 Å². The molecule has 9 aromatic rings. The molecule has 0 radical (unpaired) electrons. The maximum Gasteiger partial charge on any atom is 0.159 e. The number of benzene rings is 7. The van der Waals surface area contributed by atoms with Crippen LogP contribution < -0.4 is 10.6 Å². The molecule has 2 unspecified atom stereocenters. The number of fused-ring (bicyclic) bond motifs is 6. The molecule has 0 fully saturated rings. The molecule has 0 spiro atoms. The second-order valence-electron chi connectivity index (χ2n) is 12.8. The van der Waals surface area contributed by atoms with Gasteiger partial charge in [0.2, 0.25) is 0 Å². The van der Waals surface area contributed by atoms with Gasteiger partial charge >= 0.3 is 0 Å². The molecule has 0 saturated heterocycles. The fourth-order valence-corrected chi connectivity index (χ4v) is 7.63. The van der Waals surface area contributed by atoms with E-state index in [4.69, 9.17) is 9.41 Å². The van der Waals surface area contributed by atoms with Gasteiger partial charge in [0.1, 0.15) is 23.8 Å². The number of aliphatic imine (C=N–C) groups is 1. The van der Waals surface area contributed by atoms with Gasteiger partial charge in [0.05, 0.1) is 16.7 Å². The fourth-order valence-electron chi connectivity index (χ4n) is 7.63. The first-order chi connectivity index (χ1) is 24.8. The van der Waals surface area contributed by atoms with Crippen LogP contribution in [0.5, 0.6) is 0 Å². The molecule has 50 heavy (non-hydrogen) atoms. The van der Waals surface area contributed by atoms with Crippen LogP contribution in [0.25, 0.3) is 60.6 Å². The summed E-state index contributed by atoms with van der Waals surface area (Å²) in [6, 6.07) is 59.5. The minimum Gasteiger partial charge on any atom is -0.453 e. The third-order valence-electron chi connectivity index (χ3n) is 9.90. The summed E-state index contributed by atoms with van der Waals surface area (Å²) in [5, 5.41) is 12.1. The van der Waals surface area contributed by atoms with E-state index in [2.05, 4.69) is 173 Å². The summed E-state index contributed by atoms with van der Waals surface area (Å²) in [7, 11) is 0. The summed E-state index contributed by atoms with van der Waals surface area (Å²) in [5.74, 6) is 0.848. The third kappa shape index (κ3) is 4.55. The molecule has 2 atom stereocenters. The molecule has 0 amide bonds. The first kappa shape index (κ1) is 28.6. The monoisotopic (exact) mass is 644 g/mol. The topological polar surface area (TPSA) is 54.5 Å². The molecule has 0 bridgehead atoms. The Hall–Kier alpha value is -6.43. The quantitative estimate of drug-likeness (QED) is 0.196. The summed E-state index contributed by atoms with van der Waals surface area (Å²) in [6.07, 6.45) is -0.493. The highest BCUT2D eigenvalue weighted by Crippen LogP contribution is 2.44. The largest absolute Gasteiger partial charge is 0.453 e. The Balaban J connectivity index is 1.23. The van der Waals surface area contributed by atoms with E-state index in [1.54, 1.807) is 0 Å². The molecule has 3 heterocycles. The molecular formula is C45H32N4O. The Labute approximate surface area is 289 Å². The van der Waals surface area contributed by atoms with E-state index in [9.17, 15) is 0 Å². The highest BCUT2D eigenvalue weighted by molar-refractivity contribution is 6.15. The molecule has 1 aliphatic heterocycles. The summed E-state index contributed by atoms with van der Waals surface area (Å²) in [6.45, 7) is 0. The van der Waals surface area contributed by atoms with Gasteiger partial charge in [0.25, 0.3) is 0 Å². The molecule has 1 aliphatic rings. The molecular weight excluding hydrogens is 613 g/mol. The number of amidine groups is 1. The zero-order valence-electron chi connectivity index (χ0n) is 27.1. The van der Waals surface area contributed by atoms with Crippen molar-refractivity contribution in [2.24, 2.45) is 4.99 Å². The van der Waals surface area contributed by atoms with E-state index in [1.807, 2.05) is 12.1 Å². The molecule has 5 nitrogen and oxygen atoms in total. The van der Waals surface area contributed by atoms with Crippen LogP contribution in [-0.4, -0.2) is 10.4 Å². The lowest BCUT2D eigenvalue weighted by Gasteiger charge is -2.33. The Morgan fingerprint density at radius 2 is 1.08 bits per heavy atom. The maximum absolute atomic E-state index is 7.13. The normalized spacial score (nSPS) is 16.2.